The van der Waals surface area contributed by atoms with Gasteiger partial charge in [-0.05, 0) is 32.0 Å². The van der Waals surface area contributed by atoms with Gasteiger partial charge in [-0.15, -0.1) is 0 Å². The van der Waals surface area contributed by atoms with Crippen molar-refractivity contribution < 1.29 is 0 Å². The van der Waals surface area contributed by atoms with E-state index in [1.165, 1.54) is 0 Å². The molecule has 4 heteroatoms. The van der Waals surface area contributed by atoms with E-state index in [0.29, 0.717) is 0 Å². The van der Waals surface area contributed by atoms with Gasteiger partial charge < -0.3 is 15.0 Å². The smallest absolute Gasteiger partial charge is 0.102 e. The molecule has 0 aromatic carbocycles. The molecular weight excluding hydrogens is 236 g/mol. The molecule has 98 valence electrons. The van der Waals surface area contributed by atoms with E-state index in [2.05, 4.69) is 23.6 Å². The van der Waals surface area contributed by atoms with Crippen LogP contribution in [0.25, 0.3) is 5.52 Å². The second kappa shape index (κ2) is 4.69. The minimum absolute atomic E-state index is 0.140. The first kappa shape index (κ1) is 12.2. The molecule has 3 rings (SSSR count). The predicted octanol–water partition coefficient (Wildman–Crippen LogP) is 1.65. The zero-order chi connectivity index (χ0) is 13.3. The van der Waals surface area contributed by atoms with Crippen molar-refractivity contribution in [3.05, 3.63) is 41.7 Å². The molecule has 1 atom stereocenters. The molecule has 2 aromatic rings. The molecule has 1 fully saturated rings. The molecule has 2 aromatic heterocycles. The largest absolute Gasteiger partial charge is 0.322 e. The van der Waals surface area contributed by atoms with Crippen LogP contribution in [0.15, 0.2) is 30.6 Å². The van der Waals surface area contributed by atoms with Gasteiger partial charge in [-0.2, -0.15) is 5.26 Å². The number of hydrogen-bond donors (Lipinski definition) is 2. The van der Waals surface area contributed by atoms with Crippen LogP contribution in [0.5, 0.6) is 0 Å². The Morgan fingerprint density at radius 2 is 2.42 bits per heavy atom. The Morgan fingerprint density at radius 3 is 3.16 bits per heavy atom. The van der Waals surface area contributed by atoms with Crippen LogP contribution in [0.1, 0.15) is 24.5 Å². The lowest BCUT2D eigenvalue weighted by Crippen LogP contribution is -2.43. The normalized spacial score (nSPS) is 22.7. The molecule has 0 amide bonds. The second-order valence-corrected chi connectivity index (χ2v) is 5.48. The monoisotopic (exact) mass is 254 g/mol. The van der Waals surface area contributed by atoms with Gasteiger partial charge >= 0.3 is 0 Å². The van der Waals surface area contributed by atoms with Gasteiger partial charge in [-0.3, -0.25) is 0 Å². The number of rotatable bonds is 3. The van der Waals surface area contributed by atoms with Crippen LogP contribution >= 0.6 is 0 Å². The van der Waals surface area contributed by atoms with E-state index in [1.807, 2.05) is 35.0 Å². The fraction of sp³-hybridized carbons (Fsp3) is 0.400. The summed E-state index contributed by atoms with van der Waals surface area (Å²) < 4.78 is 2.02. The number of fused-ring (bicyclic) bond motifs is 1. The number of nitriles is 1. The molecule has 0 radical (unpaired) electrons. The van der Waals surface area contributed by atoms with Crippen molar-refractivity contribution in [2.24, 2.45) is 0 Å². The zero-order valence-electron chi connectivity index (χ0n) is 11.1. The van der Waals surface area contributed by atoms with Gasteiger partial charge in [0.05, 0.1) is 11.1 Å². The maximum absolute atomic E-state index is 9.36. The molecule has 1 aliphatic rings. The molecule has 1 unspecified atom stereocenters. The molecule has 19 heavy (non-hydrogen) atoms. The summed E-state index contributed by atoms with van der Waals surface area (Å²) in [6.45, 7) is 5.02. The molecule has 0 spiro atoms. The van der Waals surface area contributed by atoms with Crippen molar-refractivity contribution in [2.75, 3.05) is 13.1 Å². The Kier molecular flexibility index (Phi) is 3.02. The molecule has 2 N–H and O–H groups in total. The number of pyridine rings is 1. The number of nitrogens with one attached hydrogen (secondary N) is 2. The lowest BCUT2D eigenvalue weighted by molar-refractivity contribution is 0.385. The third kappa shape index (κ3) is 2.23. The van der Waals surface area contributed by atoms with Gasteiger partial charge in [0.1, 0.15) is 6.07 Å². The molecule has 3 heterocycles. The summed E-state index contributed by atoms with van der Waals surface area (Å²) in [7, 11) is 0. The summed E-state index contributed by atoms with van der Waals surface area (Å²) in [6, 6.07) is 8.26. The topological polar surface area (TPSA) is 52.3 Å². The van der Waals surface area contributed by atoms with E-state index in [-0.39, 0.29) is 5.54 Å². The fourth-order valence-electron chi connectivity index (χ4n) is 2.72. The number of hydrogen-bond acceptors (Lipinski definition) is 3. The van der Waals surface area contributed by atoms with Crippen LogP contribution in [-0.2, 0) is 6.54 Å². The second-order valence-electron chi connectivity index (χ2n) is 5.48. The number of nitrogens with zero attached hydrogens (tertiary/aromatic N) is 2. The van der Waals surface area contributed by atoms with Gasteiger partial charge in [0.2, 0.25) is 0 Å². The highest BCUT2D eigenvalue weighted by Crippen LogP contribution is 2.20. The Balaban J connectivity index is 1.86. The summed E-state index contributed by atoms with van der Waals surface area (Å²) in [5, 5.41) is 16.3. The van der Waals surface area contributed by atoms with E-state index in [4.69, 9.17) is 0 Å². The van der Waals surface area contributed by atoms with E-state index in [1.54, 1.807) is 0 Å². The maximum Gasteiger partial charge on any atom is 0.102 e. The Hall–Kier alpha value is -1.83. The first-order valence-electron chi connectivity index (χ1n) is 6.66. The number of aromatic nitrogens is 1. The minimum atomic E-state index is 0.140. The van der Waals surface area contributed by atoms with Gasteiger partial charge in [-0.1, -0.05) is 6.07 Å². The average Bonchev–Trinajstić information content (AvgIpc) is 3.00. The third-order valence-corrected chi connectivity index (χ3v) is 3.95. The van der Waals surface area contributed by atoms with Gasteiger partial charge in [0.25, 0.3) is 0 Å². The highest BCUT2D eigenvalue weighted by Gasteiger charge is 2.27. The Bertz CT molecular complexity index is 629. The highest BCUT2D eigenvalue weighted by molar-refractivity contribution is 5.65. The van der Waals surface area contributed by atoms with E-state index in [0.717, 1.165) is 42.7 Å². The third-order valence-electron chi connectivity index (χ3n) is 3.95. The van der Waals surface area contributed by atoms with Crippen LogP contribution in [0, 0.1) is 11.3 Å². The summed E-state index contributed by atoms with van der Waals surface area (Å²) >= 11 is 0. The molecule has 1 saturated heterocycles. The molecule has 0 saturated carbocycles. The minimum Gasteiger partial charge on any atom is -0.322 e. The van der Waals surface area contributed by atoms with Crippen LogP contribution in [0.3, 0.4) is 0 Å². The van der Waals surface area contributed by atoms with Crippen LogP contribution in [-0.4, -0.2) is 23.0 Å². The Morgan fingerprint density at radius 1 is 1.53 bits per heavy atom. The predicted molar refractivity (Wildman–Crippen MR) is 74.8 cm³/mol. The zero-order valence-corrected chi connectivity index (χ0v) is 11.1. The van der Waals surface area contributed by atoms with Gasteiger partial charge in [-0.25, -0.2) is 0 Å². The van der Waals surface area contributed by atoms with E-state index in [9.17, 15) is 5.26 Å². The van der Waals surface area contributed by atoms with Crippen molar-refractivity contribution in [1.29, 1.82) is 5.26 Å². The molecular formula is C15H18N4. The summed E-state index contributed by atoms with van der Waals surface area (Å²) in [5.41, 5.74) is 2.97. The van der Waals surface area contributed by atoms with Crippen molar-refractivity contribution >= 4 is 5.52 Å². The standard InChI is InChI=1S/C15H18N4/c1-15(5-6-17-11-15)18-9-12-10-19-7-3-2-4-14(19)13(12)8-16/h2-4,7,10,17-18H,5-6,9,11H2,1H3. The fourth-order valence-corrected chi connectivity index (χ4v) is 2.72. The van der Waals surface area contributed by atoms with Crippen molar-refractivity contribution in [1.82, 2.24) is 15.0 Å². The SMILES string of the molecule is CC1(NCc2cn3ccccc3c2C#N)CCNC1. The van der Waals surface area contributed by atoms with Crippen molar-refractivity contribution in [3.63, 3.8) is 0 Å². The van der Waals surface area contributed by atoms with Crippen LogP contribution in [0.4, 0.5) is 0 Å². The maximum atomic E-state index is 9.36. The highest BCUT2D eigenvalue weighted by atomic mass is 15.1. The Labute approximate surface area is 113 Å². The lowest BCUT2D eigenvalue weighted by Gasteiger charge is -2.24. The van der Waals surface area contributed by atoms with Crippen LogP contribution < -0.4 is 10.6 Å². The summed E-state index contributed by atoms with van der Waals surface area (Å²) in [4.78, 5) is 0. The molecule has 0 aliphatic carbocycles. The van der Waals surface area contributed by atoms with Crippen molar-refractivity contribution in [3.8, 4) is 6.07 Å². The summed E-state index contributed by atoms with van der Waals surface area (Å²) in [6.07, 6.45) is 5.16. The molecule has 1 aliphatic heterocycles. The molecule has 4 nitrogen and oxygen atoms in total. The first-order valence-corrected chi connectivity index (χ1v) is 6.66. The lowest BCUT2D eigenvalue weighted by atomic mass is 10.0. The first-order chi connectivity index (χ1) is 9.22. The van der Waals surface area contributed by atoms with Crippen LogP contribution in [0.2, 0.25) is 0 Å². The van der Waals surface area contributed by atoms with Crippen molar-refractivity contribution in [2.45, 2.75) is 25.4 Å². The van der Waals surface area contributed by atoms with E-state index >= 15 is 0 Å². The van der Waals surface area contributed by atoms with E-state index < -0.39 is 0 Å². The van der Waals surface area contributed by atoms with Gasteiger partial charge in [0, 0.05) is 36.6 Å². The quantitative estimate of drug-likeness (QED) is 0.875. The van der Waals surface area contributed by atoms with Gasteiger partial charge in [0.15, 0.2) is 0 Å². The average molecular weight is 254 g/mol. The summed E-state index contributed by atoms with van der Waals surface area (Å²) in [5.74, 6) is 0. The molecule has 0 bridgehead atoms.